The molecule has 4 aromatic rings. The highest BCUT2D eigenvalue weighted by molar-refractivity contribution is 6.04. The van der Waals surface area contributed by atoms with Crippen molar-refractivity contribution >= 4 is 22.5 Å². The van der Waals surface area contributed by atoms with Gasteiger partial charge >= 0.3 is 0 Å². The Balaban J connectivity index is 1.86. The van der Waals surface area contributed by atoms with E-state index in [4.69, 9.17) is 0 Å². The van der Waals surface area contributed by atoms with Gasteiger partial charge in [0.15, 0.2) is 5.69 Å². The minimum Gasteiger partial charge on any atom is -0.320 e. The fourth-order valence-electron chi connectivity index (χ4n) is 2.91. The van der Waals surface area contributed by atoms with Crippen LogP contribution in [0.3, 0.4) is 0 Å². The number of hydrogen-bond donors (Lipinski definition) is 1. The molecule has 5 nitrogen and oxygen atoms in total. The number of rotatable bonds is 3. The second-order valence-electron chi connectivity index (χ2n) is 6.05. The molecular formula is C21H13F2N3O2. The van der Waals surface area contributed by atoms with Crippen LogP contribution in [0.4, 0.5) is 14.5 Å². The molecule has 0 aliphatic carbocycles. The van der Waals surface area contributed by atoms with E-state index in [1.54, 1.807) is 48.5 Å². The Bertz CT molecular complexity index is 1230. The van der Waals surface area contributed by atoms with E-state index in [1.165, 1.54) is 4.68 Å². The maximum absolute atomic E-state index is 13.4. The number of halogens is 2. The monoisotopic (exact) mass is 377 g/mol. The average Bonchev–Trinajstić information content (AvgIpc) is 2.68. The van der Waals surface area contributed by atoms with Crippen molar-refractivity contribution in [1.82, 2.24) is 9.78 Å². The van der Waals surface area contributed by atoms with Gasteiger partial charge in [0.05, 0.1) is 16.6 Å². The number of carbonyl (C=O) groups excluding carboxylic acids is 1. The maximum Gasteiger partial charge on any atom is 0.280 e. The summed E-state index contributed by atoms with van der Waals surface area (Å²) in [7, 11) is 0. The van der Waals surface area contributed by atoms with E-state index in [0.717, 1.165) is 12.1 Å². The van der Waals surface area contributed by atoms with Gasteiger partial charge < -0.3 is 5.32 Å². The van der Waals surface area contributed by atoms with Gasteiger partial charge in [-0.15, -0.1) is 0 Å². The summed E-state index contributed by atoms with van der Waals surface area (Å²) in [6.07, 6.45) is 0. The van der Waals surface area contributed by atoms with Crippen LogP contribution >= 0.6 is 0 Å². The van der Waals surface area contributed by atoms with E-state index in [-0.39, 0.29) is 11.4 Å². The molecule has 28 heavy (non-hydrogen) atoms. The highest BCUT2D eigenvalue weighted by atomic mass is 19.1. The van der Waals surface area contributed by atoms with Gasteiger partial charge in [0.1, 0.15) is 11.6 Å². The second kappa shape index (κ2) is 7.03. The number of aromatic nitrogens is 2. The Labute approximate surface area is 157 Å². The normalized spacial score (nSPS) is 10.8. The zero-order chi connectivity index (χ0) is 19.7. The number of fused-ring (bicyclic) bond motifs is 1. The first kappa shape index (κ1) is 17.5. The van der Waals surface area contributed by atoms with E-state index in [9.17, 15) is 18.4 Å². The molecule has 1 heterocycles. The van der Waals surface area contributed by atoms with Crippen LogP contribution in [0.25, 0.3) is 16.6 Å². The van der Waals surface area contributed by atoms with Gasteiger partial charge in [-0.3, -0.25) is 9.59 Å². The predicted octanol–water partition coefficient (Wildman–Crippen LogP) is 3.92. The SMILES string of the molecule is O=C(Nc1cc(F)cc(F)c1)c1nn(-c2ccccc2)c2ccccc2c1=O. The number of amides is 1. The van der Waals surface area contributed by atoms with E-state index < -0.39 is 23.0 Å². The van der Waals surface area contributed by atoms with Crippen LogP contribution in [0.1, 0.15) is 10.5 Å². The Morgan fingerprint density at radius 2 is 1.54 bits per heavy atom. The van der Waals surface area contributed by atoms with Crippen LogP contribution in [0.2, 0.25) is 0 Å². The van der Waals surface area contributed by atoms with Crippen molar-refractivity contribution in [3.63, 3.8) is 0 Å². The third kappa shape index (κ3) is 3.25. The summed E-state index contributed by atoms with van der Waals surface area (Å²) in [5.74, 6) is -2.54. The summed E-state index contributed by atoms with van der Waals surface area (Å²) in [6, 6.07) is 18.4. The number of anilines is 1. The number of para-hydroxylation sites is 2. The average molecular weight is 377 g/mol. The highest BCUT2D eigenvalue weighted by Crippen LogP contribution is 2.17. The van der Waals surface area contributed by atoms with Crippen molar-refractivity contribution in [3.8, 4) is 5.69 Å². The van der Waals surface area contributed by atoms with Crippen LogP contribution in [0.15, 0.2) is 77.6 Å². The van der Waals surface area contributed by atoms with Crippen LogP contribution in [0.5, 0.6) is 0 Å². The van der Waals surface area contributed by atoms with Gasteiger partial charge in [0.2, 0.25) is 5.43 Å². The molecule has 0 saturated carbocycles. The Kier molecular flexibility index (Phi) is 4.41. The summed E-state index contributed by atoms with van der Waals surface area (Å²) >= 11 is 0. The van der Waals surface area contributed by atoms with Crippen molar-refractivity contribution in [2.75, 3.05) is 5.32 Å². The molecular weight excluding hydrogens is 364 g/mol. The summed E-state index contributed by atoms with van der Waals surface area (Å²) in [5.41, 5.74) is 0.129. The van der Waals surface area contributed by atoms with Gasteiger partial charge in [-0.25, -0.2) is 13.5 Å². The molecule has 0 aliphatic heterocycles. The number of nitrogens with one attached hydrogen (secondary N) is 1. The van der Waals surface area contributed by atoms with Gasteiger partial charge in [-0.2, -0.15) is 5.10 Å². The Morgan fingerprint density at radius 3 is 2.25 bits per heavy atom. The summed E-state index contributed by atoms with van der Waals surface area (Å²) in [6.45, 7) is 0. The summed E-state index contributed by atoms with van der Waals surface area (Å²) in [5, 5.41) is 6.85. The van der Waals surface area contributed by atoms with E-state index in [0.29, 0.717) is 22.7 Å². The van der Waals surface area contributed by atoms with Gasteiger partial charge in [-0.05, 0) is 36.4 Å². The molecule has 1 amide bonds. The first-order valence-electron chi connectivity index (χ1n) is 8.38. The molecule has 0 fully saturated rings. The molecule has 3 aromatic carbocycles. The molecule has 1 N–H and O–H groups in total. The fraction of sp³-hybridized carbons (Fsp3) is 0. The minimum absolute atomic E-state index is 0.108. The topological polar surface area (TPSA) is 64.0 Å². The molecule has 138 valence electrons. The molecule has 0 saturated heterocycles. The second-order valence-corrected chi connectivity index (χ2v) is 6.05. The molecule has 0 bridgehead atoms. The predicted molar refractivity (Wildman–Crippen MR) is 102 cm³/mol. The summed E-state index contributed by atoms with van der Waals surface area (Å²) in [4.78, 5) is 25.4. The first-order valence-corrected chi connectivity index (χ1v) is 8.38. The molecule has 0 aliphatic rings. The van der Waals surface area contributed by atoms with E-state index in [1.807, 2.05) is 6.07 Å². The molecule has 0 atom stereocenters. The molecule has 0 spiro atoms. The highest BCUT2D eigenvalue weighted by Gasteiger charge is 2.18. The zero-order valence-electron chi connectivity index (χ0n) is 14.4. The van der Waals surface area contributed by atoms with Gasteiger partial charge in [0, 0.05) is 11.8 Å². The lowest BCUT2D eigenvalue weighted by molar-refractivity contribution is 0.102. The lowest BCUT2D eigenvalue weighted by atomic mass is 10.2. The van der Waals surface area contributed by atoms with Crippen LogP contribution in [-0.4, -0.2) is 15.7 Å². The van der Waals surface area contributed by atoms with Crippen molar-refractivity contribution in [2.45, 2.75) is 0 Å². The fourth-order valence-corrected chi connectivity index (χ4v) is 2.91. The Morgan fingerprint density at radius 1 is 0.893 bits per heavy atom. The van der Waals surface area contributed by atoms with Crippen LogP contribution in [-0.2, 0) is 0 Å². The third-order valence-corrected chi connectivity index (χ3v) is 4.13. The largest absolute Gasteiger partial charge is 0.320 e. The smallest absolute Gasteiger partial charge is 0.280 e. The summed E-state index contributed by atoms with van der Waals surface area (Å²) < 4.78 is 28.2. The number of nitrogens with zero attached hydrogens (tertiary/aromatic N) is 2. The molecule has 7 heteroatoms. The van der Waals surface area contributed by atoms with Crippen molar-refractivity contribution < 1.29 is 13.6 Å². The lowest BCUT2D eigenvalue weighted by Gasteiger charge is -2.12. The third-order valence-electron chi connectivity index (χ3n) is 4.13. The standard InChI is InChI=1S/C21H13F2N3O2/c22-13-10-14(23)12-15(11-13)24-21(28)19-20(27)17-8-4-5-9-18(17)26(25-19)16-6-2-1-3-7-16/h1-12H,(H,24,28). The number of carbonyl (C=O) groups is 1. The molecule has 0 radical (unpaired) electrons. The van der Waals surface area contributed by atoms with Crippen LogP contribution < -0.4 is 10.7 Å². The van der Waals surface area contributed by atoms with Gasteiger partial charge in [-0.1, -0.05) is 30.3 Å². The zero-order valence-corrected chi connectivity index (χ0v) is 14.4. The van der Waals surface area contributed by atoms with E-state index in [2.05, 4.69) is 10.4 Å². The van der Waals surface area contributed by atoms with E-state index >= 15 is 0 Å². The quantitative estimate of drug-likeness (QED) is 0.589. The van der Waals surface area contributed by atoms with Gasteiger partial charge in [0.25, 0.3) is 5.91 Å². The maximum atomic E-state index is 13.4. The number of benzene rings is 3. The molecule has 0 unspecified atom stereocenters. The minimum atomic E-state index is -0.856. The Hall–Kier alpha value is -3.87. The first-order chi connectivity index (χ1) is 13.5. The number of hydrogen-bond acceptors (Lipinski definition) is 3. The molecule has 4 rings (SSSR count). The van der Waals surface area contributed by atoms with Crippen LogP contribution in [0, 0.1) is 11.6 Å². The van der Waals surface area contributed by atoms with Crippen molar-refractivity contribution in [3.05, 3.63) is 100 Å². The van der Waals surface area contributed by atoms with Crippen molar-refractivity contribution in [2.24, 2.45) is 0 Å². The lowest BCUT2D eigenvalue weighted by Crippen LogP contribution is -2.26. The van der Waals surface area contributed by atoms with Crippen molar-refractivity contribution in [1.29, 1.82) is 0 Å². The molecule has 1 aromatic heterocycles.